The molecule has 3 nitrogen and oxygen atoms in total. The average Bonchev–Trinajstić information content (AvgIpc) is 2.51. The number of hydrogen-bond donors (Lipinski definition) is 1. The molecule has 1 aliphatic heterocycles. The number of likely N-dealkylation sites (tertiary alicyclic amines) is 1. The Morgan fingerprint density at radius 3 is 2.67 bits per heavy atom. The van der Waals surface area contributed by atoms with E-state index in [9.17, 15) is 5.11 Å². The summed E-state index contributed by atoms with van der Waals surface area (Å²) in [6.45, 7) is 7.38. The van der Waals surface area contributed by atoms with Gasteiger partial charge in [-0.05, 0) is 43.8 Å². The van der Waals surface area contributed by atoms with Gasteiger partial charge in [0, 0.05) is 6.54 Å². The number of piperidine rings is 1. The molecule has 0 aliphatic carbocycles. The first-order valence-corrected chi connectivity index (χ1v) is 7.91. The van der Waals surface area contributed by atoms with Crippen LogP contribution in [0.2, 0.25) is 0 Å². The number of rotatable bonds is 8. The van der Waals surface area contributed by atoms with E-state index in [1.54, 1.807) is 6.08 Å². The summed E-state index contributed by atoms with van der Waals surface area (Å²) in [4.78, 5) is 2.35. The van der Waals surface area contributed by atoms with E-state index in [0.717, 1.165) is 25.6 Å². The van der Waals surface area contributed by atoms with Crippen LogP contribution in [0.15, 0.2) is 43.0 Å². The van der Waals surface area contributed by atoms with E-state index >= 15 is 0 Å². The van der Waals surface area contributed by atoms with Crippen LogP contribution in [0.25, 0.3) is 0 Å². The predicted octanol–water partition coefficient (Wildman–Crippen LogP) is 2.50. The quantitative estimate of drug-likeness (QED) is 0.589. The minimum atomic E-state index is -0.393. The maximum Gasteiger partial charge on any atom is 0.0900 e. The lowest BCUT2D eigenvalue weighted by Crippen LogP contribution is -2.40. The van der Waals surface area contributed by atoms with Gasteiger partial charge in [0.1, 0.15) is 0 Å². The van der Waals surface area contributed by atoms with Crippen LogP contribution < -0.4 is 0 Å². The zero-order valence-electron chi connectivity index (χ0n) is 12.8. The molecule has 116 valence electrons. The summed E-state index contributed by atoms with van der Waals surface area (Å²) in [5, 5.41) is 9.93. The van der Waals surface area contributed by atoms with E-state index < -0.39 is 6.10 Å². The molecule has 1 aliphatic rings. The molecule has 0 aromatic heterocycles. The molecule has 1 aromatic rings. The minimum absolute atomic E-state index is 0.393. The first kappa shape index (κ1) is 16.2. The molecule has 1 heterocycles. The lowest BCUT2D eigenvalue weighted by atomic mass is 9.90. The number of aliphatic hydroxyl groups excluding tert-OH is 1. The largest absolute Gasteiger partial charge is 0.389 e. The lowest BCUT2D eigenvalue weighted by Gasteiger charge is -2.33. The SMILES string of the molecule is C=CCOCC(O)CN1CCC(Cc2ccccc2)CC1. The number of ether oxygens (including phenoxy) is 1. The second kappa shape index (κ2) is 8.98. The summed E-state index contributed by atoms with van der Waals surface area (Å²) < 4.78 is 5.29. The van der Waals surface area contributed by atoms with Gasteiger partial charge in [0.25, 0.3) is 0 Å². The molecular weight excluding hydrogens is 262 g/mol. The van der Waals surface area contributed by atoms with Gasteiger partial charge in [-0.3, -0.25) is 0 Å². The number of aliphatic hydroxyl groups is 1. The fourth-order valence-electron chi connectivity index (χ4n) is 2.96. The van der Waals surface area contributed by atoms with Crippen molar-refractivity contribution in [1.82, 2.24) is 4.90 Å². The molecule has 0 radical (unpaired) electrons. The van der Waals surface area contributed by atoms with Crippen LogP contribution in [0, 0.1) is 5.92 Å². The fourth-order valence-corrected chi connectivity index (χ4v) is 2.96. The molecule has 1 unspecified atom stereocenters. The standard InChI is InChI=1S/C18H27NO2/c1-2-12-21-15-18(20)14-19-10-8-17(9-11-19)13-16-6-4-3-5-7-16/h2-7,17-18,20H,1,8-15H2. The highest BCUT2D eigenvalue weighted by Gasteiger charge is 2.21. The first-order valence-electron chi connectivity index (χ1n) is 7.91. The molecule has 0 saturated carbocycles. The van der Waals surface area contributed by atoms with Gasteiger partial charge in [-0.15, -0.1) is 6.58 Å². The maximum atomic E-state index is 9.93. The second-order valence-electron chi connectivity index (χ2n) is 5.91. The molecule has 1 atom stereocenters. The predicted molar refractivity (Wildman–Crippen MR) is 86.3 cm³/mol. The number of benzene rings is 1. The Labute approximate surface area is 128 Å². The lowest BCUT2D eigenvalue weighted by molar-refractivity contribution is 0.0192. The molecule has 0 spiro atoms. The van der Waals surface area contributed by atoms with Crippen molar-refractivity contribution in [3.63, 3.8) is 0 Å². The molecule has 1 N–H and O–H groups in total. The van der Waals surface area contributed by atoms with Crippen LogP contribution in [0.4, 0.5) is 0 Å². The summed E-state index contributed by atoms with van der Waals surface area (Å²) in [6, 6.07) is 10.7. The van der Waals surface area contributed by atoms with Crippen molar-refractivity contribution in [1.29, 1.82) is 0 Å². The van der Waals surface area contributed by atoms with Crippen LogP contribution in [0.5, 0.6) is 0 Å². The van der Waals surface area contributed by atoms with Crippen molar-refractivity contribution in [3.8, 4) is 0 Å². The van der Waals surface area contributed by atoms with Crippen LogP contribution in [-0.2, 0) is 11.2 Å². The monoisotopic (exact) mass is 289 g/mol. The van der Waals surface area contributed by atoms with Gasteiger partial charge in [-0.2, -0.15) is 0 Å². The van der Waals surface area contributed by atoms with E-state index in [1.165, 1.54) is 24.8 Å². The van der Waals surface area contributed by atoms with Gasteiger partial charge in [-0.25, -0.2) is 0 Å². The van der Waals surface area contributed by atoms with Crippen molar-refractivity contribution >= 4 is 0 Å². The average molecular weight is 289 g/mol. The van der Waals surface area contributed by atoms with E-state index in [4.69, 9.17) is 4.74 Å². The zero-order valence-corrected chi connectivity index (χ0v) is 12.8. The number of nitrogens with zero attached hydrogens (tertiary/aromatic N) is 1. The molecule has 1 saturated heterocycles. The summed E-state index contributed by atoms with van der Waals surface area (Å²) in [5.74, 6) is 0.776. The Balaban J connectivity index is 1.65. The van der Waals surface area contributed by atoms with Crippen LogP contribution in [0.3, 0.4) is 0 Å². The third-order valence-corrected chi connectivity index (χ3v) is 4.09. The van der Waals surface area contributed by atoms with Gasteiger partial charge in [-0.1, -0.05) is 36.4 Å². The van der Waals surface area contributed by atoms with E-state index in [1.807, 2.05) is 0 Å². The topological polar surface area (TPSA) is 32.7 Å². The van der Waals surface area contributed by atoms with Crippen molar-refractivity contribution < 1.29 is 9.84 Å². The van der Waals surface area contributed by atoms with Crippen LogP contribution in [-0.4, -0.2) is 49.0 Å². The zero-order chi connectivity index (χ0) is 14.9. The highest BCUT2D eigenvalue weighted by molar-refractivity contribution is 5.15. The molecule has 0 amide bonds. The second-order valence-corrected chi connectivity index (χ2v) is 5.91. The summed E-state index contributed by atoms with van der Waals surface area (Å²) in [6.07, 6.45) is 4.93. The third-order valence-electron chi connectivity index (χ3n) is 4.09. The van der Waals surface area contributed by atoms with Crippen LogP contribution in [0.1, 0.15) is 18.4 Å². The van der Waals surface area contributed by atoms with Gasteiger partial charge in [0.2, 0.25) is 0 Å². The Hall–Kier alpha value is -1.16. The highest BCUT2D eigenvalue weighted by atomic mass is 16.5. The number of β-amino-alcohol motifs (C(OH)–C–C–N with tert-alkyl or cyclic N) is 1. The van der Waals surface area contributed by atoms with E-state index in [-0.39, 0.29) is 0 Å². The highest BCUT2D eigenvalue weighted by Crippen LogP contribution is 2.21. The molecule has 1 aromatic carbocycles. The fraction of sp³-hybridized carbons (Fsp3) is 0.556. The van der Waals surface area contributed by atoms with Gasteiger partial charge < -0.3 is 14.7 Å². The van der Waals surface area contributed by atoms with E-state index in [0.29, 0.717) is 13.2 Å². The van der Waals surface area contributed by atoms with E-state index in [2.05, 4.69) is 41.8 Å². The van der Waals surface area contributed by atoms with Crippen LogP contribution >= 0.6 is 0 Å². The third kappa shape index (κ3) is 6.00. The smallest absolute Gasteiger partial charge is 0.0900 e. The molecule has 1 fully saturated rings. The summed E-state index contributed by atoms with van der Waals surface area (Å²) >= 11 is 0. The molecule has 21 heavy (non-hydrogen) atoms. The van der Waals surface area contributed by atoms with Crippen molar-refractivity contribution in [2.45, 2.75) is 25.4 Å². The number of hydrogen-bond acceptors (Lipinski definition) is 3. The summed E-state index contributed by atoms with van der Waals surface area (Å²) in [7, 11) is 0. The van der Waals surface area contributed by atoms with Crippen molar-refractivity contribution in [2.75, 3.05) is 32.8 Å². The summed E-state index contributed by atoms with van der Waals surface area (Å²) in [5.41, 5.74) is 1.44. The van der Waals surface area contributed by atoms with Crippen molar-refractivity contribution in [2.24, 2.45) is 5.92 Å². The first-order chi connectivity index (χ1) is 10.3. The Morgan fingerprint density at radius 2 is 2.00 bits per heavy atom. The molecular formula is C18H27NO2. The van der Waals surface area contributed by atoms with Crippen molar-refractivity contribution in [3.05, 3.63) is 48.6 Å². The Bertz CT molecular complexity index is 399. The molecule has 3 heteroatoms. The molecule has 2 rings (SSSR count). The van der Waals surface area contributed by atoms with Gasteiger partial charge in [0.15, 0.2) is 0 Å². The van der Waals surface area contributed by atoms with Gasteiger partial charge >= 0.3 is 0 Å². The Morgan fingerprint density at radius 1 is 1.29 bits per heavy atom. The van der Waals surface area contributed by atoms with Gasteiger partial charge in [0.05, 0.1) is 19.3 Å². The maximum absolute atomic E-state index is 9.93. The minimum Gasteiger partial charge on any atom is -0.389 e. The Kier molecular flexibility index (Phi) is 6.93. The molecule has 0 bridgehead atoms. The normalized spacial score (nSPS) is 18.5.